The SMILES string of the molecule is COCCCn1ccc(NC(=O)N2CC[C@H](N3CCCC3)C2)n1. The number of nitrogens with zero attached hydrogens (tertiary/aromatic N) is 4. The lowest BCUT2D eigenvalue weighted by Gasteiger charge is -2.23. The number of aromatic nitrogens is 2. The summed E-state index contributed by atoms with van der Waals surface area (Å²) >= 11 is 0. The highest BCUT2D eigenvalue weighted by molar-refractivity contribution is 5.88. The molecule has 0 saturated carbocycles. The van der Waals surface area contributed by atoms with Crippen LogP contribution in [0.2, 0.25) is 0 Å². The van der Waals surface area contributed by atoms with Crippen molar-refractivity contribution < 1.29 is 9.53 Å². The average Bonchev–Trinajstić information content (AvgIpc) is 3.29. The largest absolute Gasteiger partial charge is 0.385 e. The number of carbonyl (C=O) groups excluding carboxylic acids is 1. The Bertz CT molecular complexity index is 512. The molecule has 0 unspecified atom stereocenters. The highest BCUT2D eigenvalue weighted by Crippen LogP contribution is 2.21. The molecule has 0 spiro atoms. The topological polar surface area (TPSA) is 62.6 Å². The molecule has 0 aromatic carbocycles. The van der Waals surface area contributed by atoms with E-state index in [0.29, 0.717) is 18.5 Å². The van der Waals surface area contributed by atoms with Gasteiger partial charge in [0.25, 0.3) is 0 Å². The number of likely N-dealkylation sites (tertiary alicyclic amines) is 2. The van der Waals surface area contributed by atoms with Crippen LogP contribution < -0.4 is 5.32 Å². The van der Waals surface area contributed by atoms with Gasteiger partial charge in [-0.2, -0.15) is 5.10 Å². The predicted molar refractivity (Wildman–Crippen MR) is 88.5 cm³/mol. The van der Waals surface area contributed by atoms with E-state index in [4.69, 9.17) is 4.74 Å². The maximum Gasteiger partial charge on any atom is 0.323 e. The third-order valence-electron chi connectivity index (χ3n) is 4.72. The molecule has 3 rings (SSSR count). The Hall–Kier alpha value is -1.60. The minimum Gasteiger partial charge on any atom is -0.385 e. The van der Waals surface area contributed by atoms with Gasteiger partial charge < -0.3 is 9.64 Å². The Morgan fingerprint density at radius 2 is 2.22 bits per heavy atom. The summed E-state index contributed by atoms with van der Waals surface area (Å²) in [5, 5.41) is 7.29. The fraction of sp³-hybridized carbons (Fsp3) is 0.750. The zero-order valence-electron chi connectivity index (χ0n) is 13.9. The van der Waals surface area contributed by atoms with Crippen LogP contribution in [0.15, 0.2) is 12.3 Å². The zero-order valence-corrected chi connectivity index (χ0v) is 13.9. The third kappa shape index (κ3) is 4.23. The number of rotatable bonds is 6. The van der Waals surface area contributed by atoms with Crippen LogP contribution in [0, 0.1) is 0 Å². The van der Waals surface area contributed by atoms with Crippen molar-refractivity contribution in [2.45, 2.75) is 38.3 Å². The van der Waals surface area contributed by atoms with E-state index in [1.54, 1.807) is 7.11 Å². The molecule has 128 valence electrons. The molecule has 1 aromatic heterocycles. The van der Waals surface area contributed by atoms with Gasteiger partial charge >= 0.3 is 6.03 Å². The lowest BCUT2D eigenvalue weighted by molar-refractivity contribution is 0.189. The van der Waals surface area contributed by atoms with E-state index in [2.05, 4.69) is 15.3 Å². The smallest absolute Gasteiger partial charge is 0.323 e. The van der Waals surface area contributed by atoms with Gasteiger partial charge in [0.05, 0.1) is 0 Å². The van der Waals surface area contributed by atoms with Crippen LogP contribution in [-0.4, -0.2) is 71.5 Å². The summed E-state index contributed by atoms with van der Waals surface area (Å²) in [4.78, 5) is 16.8. The molecule has 2 aliphatic heterocycles. The molecule has 23 heavy (non-hydrogen) atoms. The van der Waals surface area contributed by atoms with E-state index >= 15 is 0 Å². The summed E-state index contributed by atoms with van der Waals surface area (Å²) in [6, 6.07) is 2.35. The molecule has 2 saturated heterocycles. The number of aryl methyl sites for hydroxylation is 1. The van der Waals surface area contributed by atoms with Gasteiger partial charge in [-0.05, 0) is 38.8 Å². The van der Waals surface area contributed by atoms with Gasteiger partial charge in [0.15, 0.2) is 5.82 Å². The van der Waals surface area contributed by atoms with E-state index in [1.165, 1.54) is 25.9 Å². The number of hydrogen-bond donors (Lipinski definition) is 1. The molecule has 0 radical (unpaired) electrons. The molecule has 2 amide bonds. The number of amides is 2. The first-order valence-electron chi connectivity index (χ1n) is 8.58. The molecule has 2 aliphatic rings. The van der Waals surface area contributed by atoms with Crippen LogP contribution in [0.5, 0.6) is 0 Å². The number of nitrogens with one attached hydrogen (secondary N) is 1. The second-order valence-electron chi connectivity index (χ2n) is 6.37. The van der Waals surface area contributed by atoms with Crippen molar-refractivity contribution in [3.05, 3.63) is 12.3 Å². The predicted octanol–water partition coefficient (Wildman–Crippen LogP) is 1.62. The maximum atomic E-state index is 12.4. The Labute approximate surface area is 137 Å². The maximum absolute atomic E-state index is 12.4. The average molecular weight is 321 g/mol. The Kier molecular flexibility index (Phi) is 5.51. The van der Waals surface area contributed by atoms with Crippen molar-refractivity contribution in [1.82, 2.24) is 19.6 Å². The van der Waals surface area contributed by atoms with Gasteiger partial charge in [0.2, 0.25) is 0 Å². The molecule has 2 fully saturated rings. The Balaban J connectivity index is 1.45. The highest BCUT2D eigenvalue weighted by atomic mass is 16.5. The lowest BCUT2D eigenvalue weighted by Crippen LogP contribution is -2.38. The number of methoxy groups -OCH3 is 1. The fourth-order valence-corrected chi connectivity index (χ4v) is 3.44. The van der Waals surface area contributed by atoms with Gasteiger partial charge in [0.1, 0.15) is 0 Å². The standard InChI is InChI=1S/C16H27N5O2/c1-23-12-4-9-21-11-6-15(18-21)17-16(22)20-10-5-14(13-20)19-7-2-3-8-19/h6,11,14H,2-5,7-10,12-13H2,1H3,(H,17,18,22)/t14-/m0/s1. The van der Waals surface area contributed by atoms with Crippen LogP contribution >= 0.6 is 0 Å². The summed E-state index contributed by atoms with van der Waals surface area (Å²) in [5.41, 5.74) is 0. The van der Waals surface area contributed by atoms with Gasteiger partial charge in [-0.25, -0.2) is 4.79 Å². The quantitative estimate of drug-likeness (QED) is 0.809. The second-order valence-corrected chi connectivity index (χ2v) is 6.37. The second kappa shape index (κ2) is 7.79. The Morgan fingerprint density at radius 3 is 3.00 bits per heavy atom. The number of ether oxygens (including phenoxy) is 1. The van der Waals surface area contributed by atoms with Crippen molar-refractivity contribution in [3.63, 3.8) is 0 Å². The van der Waals surface area contributed by atoms with E-state index in [1.807, 2.05) is 21.8 Å². The van der Waals surface area contributed by atoms with Crippen LogP contribution in [0.4, 0.5) is 10.6 Å². The fourth-order valence-electron chi connectivity index (χ4n) is 3.44. The summed E-state index contributed by atoms with van der Waals surface area (Å²) < 4.78 is 6.87. The number of anilines is 1. The van der Waals surface area contributed by atoms with Crippen molar-refractivity contribution >= 4 is 11.8 Å². The minimum absolute atomic E-state index is 0.0335. The Morgan fingerprint density at radius 1 is 1.39 bits per heavy atom. The van der Waals surface area contributed by atoms with Crippen LogP contribution in [0.3, 0.4) is 0 Å². The van der Waals surface area contributed by atoms with Gasteiger partial charge in [-0.15, -0.1) is 0 Å². The van der Waals surface area contributed by atoms with Gasteiger partial charge in [-0.1, -0.05) is 0 Å². The van der Waals surface area contributed by atoms with Gasteiger partial charge in [0, 0.05) is 51.7 Å². The number of carbonyl (C=O) groups is 1. The molecule has 0 aliphatic carbocycles. The van der Waals surface area contributed by atoms with Crippen molar-refractivity contribution in [3.8, 4) is 0 Å². The van der Waals surface area contributed by atoms with E-state index in [0.717, 1.165) is 32.5 Å². The van der Waals surface area contributed by atoms with Crippen LogP contribution in [0.25, 0.3) is 0 Å². The molecule has 7 heteroatoms. The van der Waals surface area contributed by atoms with Gasteiger partial charge in [-0.3, -0.25) is 14.9 Å². The van der Waals surface area contributed by atoms with E-state index in [9.17, 15) is 4.79 Å². The lowest BCUT2D eigenvalue weighted by atomic mass is 10.2. The molecule has 1 N–H and O–H groups in total. The van der Waals surface area contributed by atoms with E-state index in [-0.39, 0.29) is 6.03 Å². The van der Waals surface area contributed by atoms with Crippen molar-refractivity contribution in [2.75, 3.05) is 45.2 Å². The first-order valence-corrected chi connectivity index (χ1v) is 8.58. The zero-order chi connectivity index (χ0) is 16.1. The molecule has 7 nitrogen and oxygen atoms in total. The molecule has 1 aromatic rings. The van der Waals surface area contributed by atoms with Crippen LogP contribution in [-0.2, 0) is 11.3 Å². The molecular weight excluding hydrogens is 294 g/mol. The van der Waals surface area contributed by atoms with E-state index < -0.39 is 0 Å². The number of hydrogen-bond acceptors (Lipinski definition) is 4. The van der Waals surface area contributed by atoms with Crippen molar-refractivity contribution in [1.29, 1.82) is 0 Å². The molecule has 1 atom stereocenters. The molecule has 0 bridgehead atoms. The molecule has 3 heterocycles. The third-order valence-corrected chi connectivity index (χ3v) is 4.72. The monoisotopic (exact) mass is 321 g/mol. The normalized spacial score (nSPS) is 22.0. The van der Waals surface area contributed by atoms with Crippen molar-refractivity contribution in [2.24, 2.45) is 0 Å². The summed E-state index contributed by atoms with van der Waals surface area (Å²) in [6.45, 7) is 5.55. The first kappa shape index (κ1) is 16.3. The summed E-state index contributed by atoms with van der Waals surface area (Å²) in [6.07, 6.45) is 6.47. The highest BCUT2D eigenvalue weighted by Gasteiger charge is 2.31. The van der Waals surface area contributed by atoms with Crippen LogP contribution in [0.1, 0.15) is 25.7 Å². The minimum atomic E-state index is -0.0335. The molecular formula is C16H27N5O2. The summed E-state index contributed by atoms with van der Waals surface area (Å²) in [7, 11) is 1.69. The first-order chi connectivity index (χ1) is 11.3. The number of urea groups is 1. The summed E-state index contributed by atoms with van der Waals surface area (Å²) in [5.74, 6) is 0.622.